The number of hydrogen-bond acceptors (Lipinski definition) is 3. The van der Waals surface area contributed by atoms with E-state index >= 15 is 0 Å². The third-order valence-electron chi connectivity index (χ3n) is 2.31. The highest BCUT2D eigenvalue weighted by molar-refractivity contribution is 5.26. The van der Waals surface area contributed by atoms with E-state index < -0.39 is 0 Å². The summed E-state index contributed by atoms with van der Waals surface area (Å²) in [6.07, 6.45) is 6.68. The molecule has 0 bridgehead atoms. The van der Waals surface area contributed by atoms with Gasteiger partial charge < -0.3 is 9.88 Å². The van der Waals surface area contributed by atoms with E-state index in [1.165, 1.54) is 0 Å². The molecule has 0 radical (unpaired) electrons. The predicted molar refractivity (Wildman–Crippen MR) is 64.3 cm³/mol. The van der Waals surface area contributed by atoms with E-state index in [-0.39, 0.29) is 0 Å². The van der Waals surface area contributed by atoms with Crippen molar-refractivity contribution in [1.82, 2.24) is 14.5 Å². The van der Waals surface area contributed by atoms with E-state index in [0.717, 1.165) is 31.2 Å². The molecule has 0 fully saturated rings. The number of aromatic nitrogens is 3. The average Bonchev–Trinajstić information content (AvgIpc) is 2.75. The zero-order chi connectivity index (χ0) is 11.2. The van der Waals surface area contributed by atoms with Gasteiger partial charge in [-0.3, -0.25) is 4.98 Å². The van der Waals surface area contributed by atoms with Crippen molar-refractivity contribution in [3.05, 3.63) is 42.5 Å². The van der Waals surface area contributed by atoms with E-state index in [0.29, 0.717) is 0 Å². The summed E-state index contributed by atoms with van der Waals surface area (Å²) in [5.74, 6) is 0.910. The summed E-state index contributed by atoms with van der Waals surface area (Å²) in [5, 5.41) is 3.29. The molecule has 0 aliphatic rings. The van der Waals surface area contributed by atoms with Crippen molar-refractivity contribution in [3.8, 4) is 0 Å². The second kappa shape index (κ2) is 5.30. The van der Waals surface area contributed by atoms with Gasteiger partial charge in [0, 0.05) is 25.1 Å². The molecule has 2 aromatic rings. The van der Waals surface area contributed by atoms with Crippen molar-refractivity contribution in [2.75, 3.05) is 11.9 Å². The second-order valence-corrected chi connectivity index (χ2v) is 3.63. The SMILES string of the molecule is CCCNc1nccn1Cc1ccccn1. The Morgan fingerprint density at radius 1 is 1.25 bits per heavy atom. The van der Waals surface area contributed by atoms with E-state index in [4.69, 9.17) is 0 Å². The highest BCUT2D eigenvalue weighted by Crippen LogP contribution is 2.07. The summed E-state index contributed by atoms with van der Waals surface area (Å²) < 4.78 is 2.07. The van der Waals surface area contributed by atoms with Gasteiger partial charge in [-0.1, -0.05) is 13.0 Å². The normalized spacial score (nSPS) is 10.3. The fourth-order valence-electron chi connectivity index (χ4n) is 1.51. The van der Waals surface area contributed by atoms with Gasteiger partial charge in [0.2, 0.25) is 5.95 Å². The van der Waals surface area contributed by atoms with Gasteiger partial charge in [-0.2, -0.15) is 0 Å². The van der Waals surface area contributed by atoms with Crippen LogP contribution in [0.4, 0.5) is 5.95 Å². The van der Waals surface area contributed by atoms with Crippen LogP contribution < -0.4 is 5.32 Å². The Labute approximate surface area is 95.4 Å². The Hall–Kier alpha value is -1.84. The molecule has 4 nitrogen and oxygen atoms in total. The standard InChI is InChI=1S/C12H16N4/c1-2-6-14-12-15-8-9-16(12)10-11-5-3-4-7-13-11/h3-5,7-9H,2,6,10H2,1H3,(H,14,15). The van der Waals surface area contributed by atoms with E-state index in [1.807, 2.05) is 30.6 Å². The van der Waals surface area contributed by atoms with Gasteiger partial charge in [0.1, 0.15) is 0 Å². The summed E-state index contributed by atoms with van der Waals surface area (Å²) in [7, 11) is 0. The van der Waals surface area contributed by atoms with Crippen LogP contribution in [0.1, 0.15) is 19.0 Å². The van der Waals surface area contributed by atoms with Crippen LogP contribution in [-0.2, 0) is 6.54 Å². The first-order chi connectivity index (χ1) is 7.90. The molecule has 2 aromatic heterocycles. The van der Waals surface area contributed by atoms with Crippen molar-refractivity contribution in [3.63, 3.8) is 0 Å². The first-order valence-electron chi connectivity index (χ1n) is 5.55. The maximum atomic E-state index is 4.30. The highest BCUT2D eigenvalue weighted by atomic mass is 15.2. The number of pyridine rings is 1. The molecule has 1 N–H and O–H groups in total. The number of nitrogens with one attached hydrogen (secondary N) is 1. The minimum Gasteiger partial charge on any atom is -0.356 e. The molecule has 0 aromatic carbocycles. The Balaban J connectivity index is 2.07. The first-order valence-corrected chi connectivity index (χ1v) is 5.55. The van der Waals surface area contributed by atoms with E-state index in [9.17, 15) is 0 Å². The number of hydrogen-bond donors (Lipinski definition) is 1. The second-order valence-electron chi connectivity index (χ2n) is 3.63. The molecule has 2 heterocycles. The Morgan fingerprint density at radius 2 is 2.19 bits per heavy atom. The van der Waals surface area contributed by atoms with Crippen molar-refractivity contribution in [2.24, 2.45) is 0 Å². The smallest absolute Gasteiger partial charge is 0.203 e. The molecule has 2 rings (SSSR count). The lowest BCUT2D eigenvalue weighted by atomic mass is 10.3. The van der Waals surface area contributed by atoms with Crippen LogP contribution in [0.5, 0.6) is 0 Å². The largest absolute Gasteiger partial charge is 0.356 e. The van der Waals surface area contributed by atoms with E-state index in [1.54, 1.807) is 6.20 Å². The fourth-order valence-corrected chi connectivity index (χ4v) is 1.51. The molecule has 84 valence electrons. The van der Waals surface area contributed by atoms with Crippen molar-refractivity contribution in [2.45, 2.75) is 19.9 Å². The summed E-state index contributed by atoms with van der Waals surface area (Å²) in [5.41, 5.74) is 1.04. The van der Waals surface area contributed by atoms with Crippen molar-refractivity contribution in [1.29, 1.82) is 0 Å². The quantitative estimate of drug-likeness (QED) is 0.832. The summed E-state index contributed by atoms with van der Waals surface area (Å²) in [6.45, 7) is 3.84. The third-order valence-corrected chi connectivity index (χ3v) is 2.31. The van der Waals surface area contributed by atoms with Gasteiger partial charge in [0.15, 0.2) is 0 Å². The summed E-state index contributed by atoms with van der Waals surface area (Å²) in [6, 6.07) is 5.94. The van der Waals surface area contributed by atoms with Gasteiger partial charge in [0.25, 0.3) is 0 Å². The topological polar surface area (TPSA) is 42.7 Å². The monoisotopic (exact) mass is 216 g/mol. The van der Waals surface area contributed by atoms with Gasteiger partial charge >= 0.3 is 0 Å². The number of nitrogens with zero attached hydrogens (tertiary/aromatic N) is 3. The molecule has 0 spiro atoms. The third kappa shape index (κ3) is 2.59. The van der Waals surface area contributed by atoms with Crippen LogP contribution in [0.2, 0.25) is 0 Å². The van der Waals surface area contributed by atoms with Gasteiger partial charge in [-0.15, -0.1) is 0 Å². The van der Waals surface area contributed by atoms with Gasteiger partial charge in [-0.05, 0) is 18.6 Å². The average molecular weight is 216 g/mol. The maximum absolute atomic E-state index is 4.30. The Morgan fingerprint density at radius 3 is 2.94 bits per heavy atom. The van der Waals surface area contributed by atoms with Crippen LogP contribution in [0.25, 0.3) is 0 Å². The van der Waals surface area contributed by atoms with Crippen LogP contribution in [-0.4, -0.2) is 21.1 Å². The van der Waals surface area contributed by atoms with Crippen LogP contribution in [0, 0.1) is 0 Å². The molecule has 0 atom stereocenters. The minimum absolute atomic E-state index is 0.757. The molecular weight excluding hydrogens is 200 g/mol. The molecule has 0 saturated heterocycles. The Bertz CT molecular complexity index is 422. The molecule has 0 aliphatic heterocycles. The molecule has 4 heteroatoms. The molecule has 0 saturated carbocycles. The van der Waals surface area contributed by atoms with Crippen molar-refractivity contribution >= 4 is 5.95 Å². The van der Waals surface area contributed by atoms with Crippen LogP contribution in [0.3, 0.4) is 0 Å². The number of imidazole rings is 1. The zero-order valence-electron chi connectivity index (χ0n) is 9.43. The highest BCUT2D eigenvalue weighted by Gasteiger charge is 2.02. The summed E-state index contributed by atoms with van der Waals surface area (Å²) >= 11 is 0. The van der Waals surface area contributed by atoms with Crippen LogP contribution >= 0.6 is 0 Å². The maximum Gasteiger partial charge on any atom is 0.203 e. The van der Waals surface area contributed by atoms with Crippen LogP contribution in [0.15, 0.2) is 36.8 Å². The van der Waals surface area contributed by atoms with Crippen molar-refractivity contribution < 1.29 is 0 Å². The Kier molecular flexibility index (Phi) is 3.53. The number of anilines is 1. The van der Waals surface area contributed by atoms with Gasteiger partial charge in [0.05, 0.1) is 12.2 Å². The molecular formula is C12H16N4. The summed E-state index contributed by atoms with van der Waals surface area (Å²) in [4.78, 5) is 8.57. The molecule has 0 amide bonds. The lowest BCUT2D eigenvalue weighted by molar-refractivity contribution is 0.771. The number of rotatable bonds is 5. The molecule has 0 unspecified atom stereocenters. The van der Waals surface area contributed by atoms with Gasteiger partial charge in [-0.25, -0.2) is 4.98 Å². The minimum atomic E-state index is 0.757. The lowest BCUT2D eigenvalue weighted by Crippen LogP contribution is -2.09. The van der Waals surface area contributed by atoms with E-state index in [2.05, 4.69) is 26.8 Å². The fraction of sp³-hybridized carbons (Fsp3) is 0.333. The predicted octanol–water partition coefficient (Wildman–Crippen LogP) is 2.15. The lowest BCUT2D eigenvalue weighted by Gasteiger charge is -2.08. The molecule has 0 aliphatic carbocycles. The zero-order valence-corrected chi connectivity index (χ0v) is 9.43. The molecule has 16 heavy (non-hydrogen) atoms. The first kappa shape index (κ1) is 10.7.